The number of hydrogen-bond acceptors (Lipinski definition) is 5. The summed E-state index contributed by atoms with van der Waals surface area (Å²) in [5.41, 5.74) is 1.40. The number of nitrogens with zero attached hydrogens (tertiary/aromatic N) is 2. The van der Waals surface area contributed by atoms with Gasteiger partial charge in [0.15, 0.2) is 0 Å². The molecule has 3 rings (SSSR count). The summed E-state index contributed by atoms with van der Waals surface area (Å²) in [6.07, 6.45) is 3.00. The van der Waals surface area contributed by atoms with Crippen LogP contribution in [0.25, 0.3) is 22.9 Å². The average molecular weight is 256 g/mol. The number of carbonyl (C=O) groups is 1. The fraction of sp³-hybridized carbons (Fsp3) is 0. The highest BCUT2D eigenvalue weighted by atomic mass is 16.4. The molecule has 0 saturated heterocycles. The van der Waals surface area contributed by atoms with E-state index in [0.717, 1.165) is 0 Å². The van der Waals surface area contributed by atoms with Crippen molar-refractivity contribution in [3.8, 4) is 22.9 Å². The van der Waals surface area contributed by atoms with Gasteiger partial charge in [0.05, 0.1) is 17.4 Å². The molecule has 0 amide bonds. The summed E-state index contributed by atoms with van der Waals surface area (Å²) >= 11 is 0. The van der Waals surface area contributed by atoms with Gasteiger partial charge in [-0.15, -0.1) is 10.2 Å². The molecule has 19 heavy (non-hydrogen) atoms. The van der Waals surface area contributed by atoms with Crippen LogP contribution in [-0.2, 0) is 0 Å². The molecular weight excluding hydrogens is 248 g/mol. The van der Waals surface area contributed by atoms with Crippen LogP contribution in [0.4, 0.5) is 0 Å². The molecule has 1 aromatic carbocycles. The Labute approximate surface area is 107 Å². The predicted molar refractivity (Wildman–Crippen MR) is 64.4 cm³/mol. The summed E-state index contributed by atoms with van der Waals surface area (Å²) in [7, 11) is 0. The SMILES string of the molecule is O=C(O)c1cccc(-c2nnc(-c3ccoc3)o2)c1. The highest BCUT2D eigenvalue weighted by Gasteiger charge is 2.12. The number of rotatable bonds is 3. The summed E-state index contributed by atoms with van der Waals surface area (Å²) < 4.78 is 10.4. The lowest BCUT2D eigenvalue weighted by atomic mass is 10.1. The topological polar surface area (TPSA) is 89.4 Å². The summed E-state index contributed by atoms with van der Waals surface area (Å²) in [5, 5.41) is 16.7. The second-order valence-electron chi connectivity index (χ2n) is 3.81. The third-order valence-corrected chi connectivity index (χ3v) is 2.55. The van der Waals surface area contributed by atoms with Crippen LogP contribution in [0.1, 0.15) is 10.4 Å². The third kappa shape index (κ3) is 2.11. The van der Waals surface area contributed by atoms with Crippen LogP contribution < -0.4 is 0 Å². The van der Waals surface area contributed by atoms with Gasteiger partial charge in [0, 0.05) is 5.56 Å². The van der Waals surface area contributed by atoms with E-state index in [0.29, 0.717) is 17.0 Å². The molecule has 0 aliphatic heterocycles. The number of carboxylic acid groups (broad SMARTS) is 1. The molecule has 2 heterocycles. The number of aromatic carboxylic acids is 1. The van der Waals surface area contributed by atoms with Crippen molar-refractivity contribution in [1.82, 2.24) is 10.2 Å². The molecule has 3 aromatic rings. The van der Waals surface area contributed by atoms with Gasteiger partial charge in [-0.1, -0.05) is 6.07 Å². The van der Waals surface area contributed by atoms with Crippen molar-refractivity contribution in [1.29, 1.82) is 0 Å². The van der Waals surface area contributed by atoms with Gasteiger partial charge in [0.1, 0.15) is 6.26 Å². The molecule has 0 unspecified atom stereocenters. The summed E-state index contributed by atoms with van der Waals surface area (Å²) in [5.74, 6) is -0.416. The van der Waals surface area contributed by atoms with E-state index in [1.165, 1.54) is 24.7 Å². The van der Waals surface area contributed by atoms with Crippen molar-refractivity contribution in [2.75, 3.05) is 0 Å². The monoisotopic (exact) mass is 256 g/mol. The Morgan fingerprint density at radius 1 is 1.11 bits per heavy atom. The maximum atomic E-state index is 10.9. The Bertz CT molecular complexity index is 716. The van der Waals surface area contributed by atoms with E-state index in [4.69, 9.17) is 13.9 Å². The van der Waals surface area contributed by atoms with E-state index >= 15 is 0 Å². The molecule has 1 N–H and O–H groups in total. The molecule has 0 saturated carbocycles. The van der Waals surface area contributed by atoms with Crippen LogP contribution in [0.3, 0.4) is 0 Å². The van der Waals surface area contributed by atoms with Gasteiger partial charge in [-0.3, -0.25) is 0 Å². The quantitative estimate of drug-likeness (QED) is 0.774. The van der Waals surface area contributed by atoms with Crippen LogP contribution in [0.5, 0.6) is 0 Å². The number of hydrogen-bond donors (Lipinski definition) is 1. The van der Waals surface area contributed by atoms with Crippen LogP contribution in [0, 0.1) is 0 Å². The van der Waals surface area contributed by atoms with Crippen molar-refractivity contribution in [2.24, 2.45) is 0 Å². The Morgan fingerprint density at radius 3 is 2.58 bits per heavy atom. The lowest BCUT2D eigenvalue weighted by Crippen LogP contribution is -1.95. The van der Waals surface area contributed by atoms with Gasteiger partial charge < -0.3 is 13.9 Å². The van der Waals surface area contributed by atoms with E-state index in [2.05, 4.69) is 10.2 Å². The number of carboxylic acids is 1. The zero-order valence-electron chi connectivity index (χ0n) is 9.61. The van der Waals surface area contributed by atoms with Gasteiger partial charge in [-0.2, -0.15) is 0 Å². The normalized spacial score (nSPS) is 10.5. The van der Waals surface area contributed by atoms with Crippen molar-refractivity contribution in [2.45, 2.75) is 0 Å². The Balaban J connectivity index is 1.99. The Hall–Kier alpha value is -2.89. The molecule has 0 bridgehead atoms. The van der Waals surface area contributed by atoms with Crippen LogP contribution in [0.2, 0.25) is 0 Å². The molecule has 6 heteroatoms. The largest absolute Gasteiger partial charge is 0.478 e. The van der Waals surface area contributed by atoms with Crippen molar-refractivity contribution in [3.63, 3.8) is 0 Å². The van der Waals surface area contributed by atoms with Gasteiger partial charge in [0.2, 0.25) is 5.89 Å². The second-order valence-corrected chi connectivity index (χ2v) is 3.81. The van der Waals surface area contributed by atoms with Crippen LogP contribution >= 0.6 is 0 Å². The number of furan rings is 1. The molecule has 0 atom stereocenters. The van der Waals surface area contributed by atoms with Crippen LogP contribution in [-0.4, -0.2) is 21.3 Å². The maximum Gasteiger partial charge on any atom is 0.335 e. The van der Waals surface area contributed by atoms with Crippen molar-refractivity contribution in [3.05, 3.63) is 48.4 Å². The number of aromatic nitrogens is 2. The summed E-state index contributed by atoms with van der Waals surface area (Å²) in [6, 6.07) is 8.01. The van der Waals surface area contributed by atoms with Crippen molar-refractivity contribution >= 4 is 5.97 Å². The van der Waals surface area contributed by atoms with E-state index < -0.39 is 5.97 Å². The highest BCUT2D eigenvalue weighted by molar-refractivity contribution is 5.88. The standard InChI is InChI=1S/C13H8N2O4/c16-13(17)9-3-1-2-8(6-9)11-14-15-12(19-11)10-4-5-18-7-10/h1-7H,(H,16,17). The molecular formula is C13H8N2O4. The zero-order chi connectivity index (χ0) is 13.2. The average Bonchev–Trinajstić information content (AvgIpc) is 3.09. The maximum absolute atomic E-state index is 10.9. The molecule has 0 radical (unpaired) electrons. The van der Waals surface area contributed by atoms with Gasteiger partial charge in [-0.05, 0) is 24.3 Å². The zero-order valence-corrected chi connectivity index (χ0v) is 9.61. The Morgan fingerprint density at radius 2 is 1.89 bits per heavy atom. The van der Waals surface area contributed by atoms with Gasteiger partial charge in [-0.25, -0.2) is 4.79 Å². The molecule has 0 aliphatic carbocycles. The third-order valence-electron chi connectivity index (χ3n) is 2.55. The van der Waals surface area contributed by atoms with Crippen LogP contribution in [0.15, 0.2) is 51.7 Å². The van der Waals surface area contributed by atoms with E-state index in [9.17, 15) is 4.79 Å². The predicted octanol–water partition coefficient (Wildman–Crippen LogP) is 2.69. The fourth-order valence-corrected chi connectivity index (χ4v) is 1.63. The van der Waals surface area contributed by atoms with E-state index in [1.54, 1.807) is 18.2 Å². The molecule has 2 aromatic heterocycles. The summed E-state index contributed by atoms with van der Waals surface area (Å²) in [4.78, 5) is 10.9. The smallest absolute Gasteiger partial charge is 0.335 e. The van der Waals surface area contributed by atoms with Crippen molar-refractivity contribution < 1.29 is 18.7 Å². The Kier molecular flexibility index (Phi) is 2.60. The van der Waals surface area contributed by atoms with E-state index in [-0.39, 0.29) is 11.5 Å². The molecule has 6 nitrogen and oxygen atoms in total. The molecule has 0 fully saturated rings. The molecule has 0 spiro atoms. The van der Waals surface area contributed by atoms with E-state index in [1.807, 2.05) is 0 Å². The fourth-order valence-electron chi connectivity index (χ4n) is 1.63. The lowest BCUT2D eigenvalue weighted by Gasteiger charge is -1.96. The lowest BCUT2D eigenvalue weighted by molar-refractivity contribution is 0.0697. The minimum atomic E-state index is -1.00. The minimum absolute atomic E-state index is 0.167. The first-order chi connectivity index (χ1) is 9.24. The van der Waals surface area contributed by atoms with Gasteiger partial charge in [0.25, 0.3) is 5.89 Å². The van der Waals surface area contributed by atoms with Gasteiger partial charge >= 0.3 is 5.97 Å². The second kappa shape index (κ2) is 4.41. The minimum Gasteiger partial charge on any atom is -0.478 e. The highest BCUT2D eigenvalue weighted by Crippen LogP contribution is 2.24. The number of benzene rings is 1. The first-order valence-corrected chi connectivity index (χ1v) is 5.44. The molecule has 94 valence electrons. The first kappa shape index (κ1) is 11.2. The first-order valence-electron chi connectivity index (χ1n) is 5.44. The molecule has 0 aliphatic rings. The summed E-state index contributed by atoms with van der Waals surface area (Å²) in [6.45, 7) is 0.